The number of nitrogens with one attached hydrogen (secondary N) is 2. The summed E-state index contributed by atoms with van der Waals surface area (Å²) in [6.45, 7) is 4.12. The van der Waals surface area contributed by atoms with Crippen LogP contribution in [0.25, 0.3) is 10.9 Å². The van der Waals surface area contributed by atoms with Gasteiger partial charge in [0.25, 0.3) is 0 Å². The summed E-state index contributed by atoms with van der Waals surface area (Å²) in [5.74, 6) is 1.85. The normalized spacial score (nSPS) is 19.0. The largest absolute Gasteiger partial charge is 0.474 e. The van der Waals surface area contributed by atoms with Crippen LogP contribution in [-0.4, -0.2) is 34.1 Å². The number of fused-ring (bicyclic) bond motifs is 1. The smallest absolute Gasteiger partial charge is 0.224 e. The van der Waals surface area contributed by atoms with Gasteiger partial charge in [-0.1, -0.05) is 49.6 Å². The molecule has 32 heavy (non-hydrogen) atoms. The van der Waals surface area contributed by atoms with E-state index in [4.69, 9.17) is 14.7 Å². The molecule has 1 saturated heterocycles. The van der Waals surface area contributed by atoms with Crippen LogP contribution < -0.4 is 15.4 Å². The SMILES string of the molecule is C[C@@H](Nc1ncc2c(OC3CCNCC3)ncc(C3CCCCC3)c2n1)c1ccccc1. The van der Waals surface area contributed by atoms with E-state index in [9.17, 15) is 0 Å². The highest BCUT2D eigenvalue weighted by molar-refractivity contribution is 5.86. The Morgan fingerprint density at radius 3 is 2.53 bits per heavy atom. The standard InChI is InChI=1S/C26H33N5O/c1-18(19-8-4-2-5-9-19)30-26-29-17-23-24(31-26)22(20-10-6-3-7-11-20)16-28-25(23)32-21-12-14-27-15-13-21/h2,4-5,8-9,16-18,20-21,27H,3,6-7,10-15H2,1H3,(H,29,30,31)/t18-/m1/s1. The van der Waals surface area contributed by atoms with E-state index in [0.717, 1.165) is 36.8 Å². The molecule has 6 heteroatoms. The van der Waals surface area contributed by atoms with Gasteiger partial charge < -0.3 is 15.4 Å². The first-order valence-corrected chi connectivity index (χ1v) is 12.1. The maximum Gasteiger partial charge on any atom is 0.224 e. The number of benzene rings is 1. The molecular weight excluding hydrogens is 398 g/mol. The molecule has 3 aromatic rings. The molecule has 2 fully saturated rings. The molecule has 0 radical (unpaired) electrons. The van der Waals surface area contributed by atoms with Crippen molar-refractivity contribution in [3.63, 3.8) is 0 Å². The van der Waals surface area contributed by atoms with E-state index in [1.165, 1.54) is 43.2 Å². The Hall–Kier alpha value is -2.73. The second-order valence-corrected chi connectivity index (χ2v) is 9.15. The van der Waals surface area contributed by atoms with Gasteiger partial charge in [-0.15, -0.1) is 0 Å². The number of aromatic nitrogens is 3. The molecule has 1 saturated carbocycles. The fourth-order valence-electron chi connectivity index (χ4n) is 4.98. The molecule has 3 heterocycles. The highest BCUT2D eigenvalue weighted by Crippen LogP contribution is 2.38. The minimum Gasteiger partial charge on any atom is -0.474 e. The molecule has 2 N–H and O–H groups in total. The summed E-state index contributed by atoms with van der Waals surface area (Å²) in [7, 11) is 0. The van der Waals surface area contributed by atoms with Crippen molar-refractivity contribution in [2.24, 2.45) is 0 Å². The lowest BCUT2D eigenvalue weighted by molar-refractivity contribution is 0.158. The van der Waals surface area contributed by atoms with Crippen molar-refractivity contribution in [2.45, 2.75) is 69.9 Å². The van der Waals surface area contributed by atoms with E-state index in [2.05, 4.69) is 46.8 Å². The predicted octanol–water partition coefficient (Wildman–Crippen LogP) is 5.38. The molecule has 1 aliphatic carbocycles. The molecule has 2 aromatic heterocycles. The molecular formula is C26H33N5O. The summed E-state index contributed by atoms with van der Waals surface area (Å²) >= 11 is 0. The number of nitrogens with zero attached hydrogens (tertiary/aromatic N) is 3. The monoisotopic (exact) mass is 431 g/mol. The van der Waals surface area contributed by atoms with Crippen molar-refractivity contribution in [1.29, 1.82) is 0 Å². The van der Waals surface area contributed by atoms with Crippen LogP contribution in [0.1, 0.15) is 75.0 Å². The number of ether oxygens (including phenoxy) is 1. The lowest BCUT2D eigenvalue weighted by atomic mass is 9.84. The zero-order valence-corrected chi connectivity index (χ0v) is 18.9. The molecule has 0 amide bonds. The van der Waals surface area contributed by atoms with E-state index < -0.39 is 0 Å². The lowest BCUT2D eigenvalue weighted by Crippen LogP contribution is -2.34. The minimum absolute atomic E-state index is 0.124. The molecule has 0 unspecified atom stereocenters. The van der Waals surface area contributed by atoms with Gasteiger partial charge >= 0.3 is 0 Å². The Labute approximate surface area is 190 Å². The second-order valence-electron chi connectivity index (χ2n) is 9.15. The summed E-state index contributed by atoms with van der Waals surface area (Å²) in [6, 6.07) is 10.5. The Morgan fingerprint density at radius 2 is 1.75 bits per heavy atom. The van der Waals surface area contributed by atoms with E-state index in [1.54, 1.807) is 0 Å². The predicted molar refractivity (Wildman–Crippen MR) is 128 cm³/mol. The van der Waals surface area contributed by atoms with Crippen molar-refractivity contribution in [2.75, 3.05) is 18.4 Å². The van der Waals surface area contributed by atoms with Gasteiger partial charge in [-0.2, -0.15) is 0 Å². The summed E-state index contributed by atoms with van der Waals surface area (Å²) in [5.41, 5.74) is 3.46. The van der Waals surface area contributed by atoms with Gasteiger partial charge in [-0.05, 0) is 57.2 Å². The fourth-order valence-corrected chi connectivity index (χ4v) is 4.98. The van der Waals surface area contributed by atoms with Crippen molar-refractivity contribution >= 4 is 16.9 Å². The molecule has 168 valence electrons. The number of rotatable bonds is 6. The first-order chi connectivity index (χ1) is 15.8. The maximum atomic E-state index is 6.35. The van der Waals surface area contributed by atoms with E-state index in [0.29, 0.717) is 17.7 Å². The van der Waals surface area contributed by atoms with Crippen molar-refractivity contribution in [3.8, 4) is 5.88 Å². The number of hydrogen-bond donors (Lipinski definition) is 2. The summed E-state index contributed by atoms with van der Waals surface area (Å²) < 4.78 is 6.35. The summed E-state index contributed by atoms with van der Waals surface area (Å²) in [4.78, 5) is 14.4. The quantitative estimate of drug-likeness (QED) is 0.546. The second kappa shape index (κ2) is 9.82. The van der Waals surface area contributed by atoms with Gasteiger partial charge in [0.1, 0.15) is 6.10 Å². The third kappa shape index (κ3) is 4.70. The van der Waals surface area contributed by atoms with Crippen molar-refractivity contribution in [3.05, 3.63) is 53.9 Å². The van der Waals surface area contributed by atoms with Gasteiger partial charge in [-0.25, -0.2) is 15.0 Å². The molecule has 6 nitrogen and oxygen atoms in total. The summed E-state index contributed by atoms with van der Waals surface area (Å²) in [6.07, 6.45) is 12.4. The van der Waals surface area contributed by atoms with Crippen molar-refractivity contribution < 1.29 is 4.74 Å². The number of piperidine rings is 1. The van der Waals surface area contributed by atoms with Crippen LogP contribution in [0.4, 0.5) is 5.95 Å². The Morgan fingerprint density at radius 1 is 0.969 bits per heavy atom. The number of pyridine rings is 1. The van der Waals surface area contributed by atoms with Crippen LogP contribution in [0.5, 0.6) is 5.88 Å². The first kappa shape index (κ1) is 21.1. The van der Waals surface area contributed by atoms with Crippen LogP contribution in [0.15, 0.2) is 42.7 Å². The van der Waals surface area contributed by atoms with E-state index >= 15 is 0 Å². The van der Waals surface area contributed by atoms with Gasteiger partial charge in [-0.3, -0.25) is 0 Å². The van der Waals surface area contributed by atoms with Crippen LogP contribution in [0.3, 0.4) is 0 Å². The zero-order chi connectivity index (χ0) is 21.8. The number of anilines is 1. The van der Waals surface area contributed by atoms with Crippen LogP contribution in [-0.2, 0) is 0 Å². The lowest BCUT2D eigenvalue weighted by Gasteiger charge is -2.26. The third-order valence-corrected chi connectivity index (χ3v) is 6.87. The first-order valence-electron chi connectivity index (χ1n) is 12.1. The fraction of sp³-hybridized carbons (Fsp3) is 0.500. The van der Waals surface area contributed by atoms with Crippen LogP contribution >= 0.6 is 0 Å². The molecule has 0 spiro atoms. The molecule has 2 aliphatic rings. The topological polar surface area (TPSA) is 72.0 Å². The highest BCUT2D eigenvalue weighted by Gasteiger charge is 2.23. The maximum absolute atomic E-state index is 6.35. The van der Waals surface area contributed by atoms with Gasteiger partial charge in [0.2, 0.25) is 11.8 Å². The highest BCUT2D eigenvalue weighted by atomic mass is 16.5. The average Bonchev–Trinajstić information content (AvgIpc) is 2.86. The average molecular weight is 432 g/mol. The number of hydrogen-bond acceptors (Lipinski definition) is 6. The molecule has 1 aliphatic heterocycles. The molecule has 0 bridgehead atoms. The molecule has 5 rings (SSSR count). The Balaban J connectivity index is 1.48. The van der Waals surface area contributed by atoms with Crippen molar-refractivity contribution in [1.82, 2.24) is 20.3 Å². The van der Waals surface area contributed by atoms with Crippen LogP contribution in [0.2, 0.25) is 0 Å². The van der Waals surface area contributed by atoms with Crippen LogP contribution in [0, 0.1) is 0 Å². The molecule has 1 aromatic carbocycles. The van der Waals surface area contributed by atoms with Gasteiger partial charge in [0, 0.05) is 18.0 Å². The van der Waals surface area contributed by atoms with E-state index in [-0.39, 0.29) is 12.1 Å². The zero-order valence-electron chi connectivity index (χ0n) is 18.9. The molecule has 1 atom stereocenters. The van der Waals surface area contributed by atoms with Gasteiger partial charge in [0.05, 0.1) is 16.9 Å². The Bertz CT molecular complexity index is 1030. The summed E-state index contributed by atoms with van der Waals surface area (Å²) in [5, 5.41) is 7.82. The third-order valence-electron chi connectivity index (χ3n) is 6.87. The Kier molecular flexibility index (Phi) is 6.49. The minimum atomic E-state index is 0.124. The van der Waals surface area contributed by atoms with Gasteiger partial charge in [0.15, 0.2) is 0 Å². The van der Waals surface area contributed by atoms with E-state index in [1.807, 2.05) is 18.5 Å².